The summed E-state index contributed by atoms with van der Waals surface area (Å²) in [5, 5.41) is 2.82. The highest BCUT2D eigenvalue weighted by Crippen LogP contribution is 2.44. The lowest BCUT2D eigenvalue weighted by atomic mass is 9.98. The lowest BCUT2D eigenvalue weighted by Crippen LogP contribution is -2.27. The van der Waals surface area contributed by atoms with Gasteiger partial charge < -0.3 is 10.1 Å². The average molecular weight is 305 g/mol. The van der Waals surface area contributed by atoms with Crippen LogP contribution in [0.3, 0.4) is 0 Å². The number of hydrogen-bond acceptors (Lipinski definition) is 2. The lowest BCUT2D eigenvalue weighted by molar-refractivity contribution is 0.142. The maximum absolute atomic E-state index is 11.9. The molecular formula is C20H19NO2. The molecule has 1 saturated carbocycles. The fraction of sp³-hybridized carbons (Fsp3) is 0.250. The van der Waals surface area contributed by atoms with Crippen molar-refractivity contribution < 1.29 is 9.53 Å². The van der Waals surface area contributed by atoms with Crippen molar-refractivity contribution in [3.8, 4) is 11.1 Å². The number of benzene rings is 2. The van der Waals surface area contributed by atoms with Crippen LogP contribution in [0.4, 0.5) is 4.79 Å². The van der Waals surface area contributed by atoms with Crippen molar-refractivity contribution in [1.29, 1.82) is 0 Å². The quantitative estimate of drug-likeness (QED) is 0.864. The number of carbonyl (C=O) groups excluding carboxylic acids is 1. The van der Waals surface area contributed by atoms with Crippen LogP contribution in [-0.4, -0.2) is 19.2 Å². The first kappa shape index (κ1) is 14.1. The van der Waals surface area contributed by atoms with Gasteiger partial charge in [-0.05, 0) is 28.7 Å². The topological polar surface area (TPSA) is 38.3 Å². The Hall–Kier alpha value is -2.55. The minimum atomic E-state index is -0.341. The number of hydrogen-bond donors (Lipinski definition) is 1. The highest BCUT2D eigenvalue weighted by molar-refractivity contribution is 5.79. The van der Waals surface area contributed by atoms with Crippen LogP contribution in [0.5, 0.6) is 0 Å². The zero-order chi connectivity index (χ0) is 15.8. The largest absolute Gasteiger partial charge is 0.449 e. The first-order valence-electron chi connectivity index (χ1n) is 8.00. The third kappa shape index (κ3) is 2.63. The highest BCUT2D eigenvalue weighted by atomic mass is 16.5. The smallest absolute Gasteiger partial charge is 0.407 e. The summed E-state index contributed by atoms with van der Waals surface area (Å²) in [6, 6.07) is 16.7. The van der Waals surface area contributed by atoms with Crippen LogP contribution in [-0.2, 0) is 4.74 Å². The zero-order valence-electron chi connectivity index (χ0n) is 12.9. The Balaban J connectivity index is 1.46. The molecular weight excluding hydrogens is 286 g/mol. The van der Waals surface area contributed by atoms with Crippen molar-refractivity contribution in [2.45, 2.75) is 12.3 Å². The normalized spacial score (nSPS) is 18.3. The van der Waals surface area contributed by atoms with Crippen molar-refractivity contribution in [1.82, 2.24) is 5.32 Å². The van der Waals surface area contributed by atoms with Gasteiger partial charge in [0.2, 0.25) is 0 Å². The second-order valence-corrected chi connectivity index (χ2v) is 6.27. The maximum atomic E-state index is 11.9. The number of ether oxygens (including phenoxy) is 1. The molecule has 4 rings (SSSR count). The second-order valence-electron chi connectivity index (χ2n) is 6.27. The van der Waals surface area contributed by atoms with Crippen molar-refractivity contribution in [2.24, 2.45) is 5.92 Å². The molecule has 0 radical (unpaired) electrons. The molecule has 1 amide bonds. The molecule has 0 saturated heterocycles. The minimum absolute atomic E-state index is 0.115. The van der Waals surface area contributed by atoms with Crippen LogP contribution in [0, 0.1) is 5.92 Å². The Kier molecular flexibility index (Phi) is 3.41. The van der Waals surface area contributed by atoms with E-state index in [-0.39, 0.29) is 12.0 Å². The molecule has 116 valence electrons. The summed E-state index contributed by atoms with van der Waals surface area (Å²) in [7, 11) is 0. The van der Waals surface area contributed by atoms with Crippen LogP contribution in [0.2, 0.25) is 0 Å². The molecule has 0 heterocycles. The third-order valence-corrected chi connectivity index (χ3v) is 4.76. The van der Waals surface area contributed by atoms with Crippen molar-refractivity contribution in [2.75, 3.05) is 13.2 Å². The molecule has 23 heavy (non-hydrogen) atoms. The van der Waals surface area contributed by atoms with Crippen molar-refractivity contribution in [3.63, 3.8) is 0 Å². The number of nitrogens with one attached hydrogen (secondary N) is 1. The second kappa shape index (κ2) is 5.58. The molecule has 0 aromatic heterocycles. The Morgan fingerprint density at radius 1 is 1.09 bits per heavy atom. The molecule has 3 nitrogen and oxygen atoms in total. The van der Waals surface area contributed by atoms with Gasteiger partial charge in [-0.1, -0.05) is 60.7 Å². The Morgan fingerprint density at radius 2 is 1.65 bits per heavy atom. The van der Waals surface area contributed by atoms with Crippen LogP contribution in [0.25, 0.3) is 11.1 Å². The third-order valence-electron chi connectivity index (χ3n) is 4.76. The van der Waals surface area contributed by atoms with Gasteiger partial charge in [0.05, 0.1) is 0 Å². The molecule has 1 N–H and O–H groups in total. The number of carbonyl (C=O) groups is 1. The molecule has 2 aliphatic rings. The summed E-state index contributed by atoms with van der Waals surface area (Å²) >= 11 is 0. The van der Waals surface area contributed by atoms with E-state index in [2.05, 4.69) is 36.2 Å². The monoisotopic (exact) mass is 305 g/mol. The molecule has 1 atom stereocenters. The van der Waals surface area contributed by atoms with Crippen LogP contribution in [0.1, 0.15) is 23.5 Å². The average Bonchev–Trinajstić information content (AvgIpc) is 3.20. The van der Waals surface area contributed by atoms with Gasteiger partial charge in [0.15, 0.2) is 0 Å². The molecule has 0 bridgehead atoms. The summed E-state index contributed by atoms with van der Waals surface area (Å²) in [5.74, 6) is 0.555. The minimum Gasteiger partial charge on any atom is -0.449 e. The van der Waals surface area contributed by atoms with Gasteiger partial charge in [-0.25, -0.2) is 4.79 Å². The SMILES string of the molecule is C=C1CC1CNC(=O)OCC1c2ccccc2-c2ccccc21. The molecule has 1 unspecified atom stereocenters. The predicted molar refractivity (Wildman–Crippen MR) is 90.3 cm³/mol. The Labute approximate surface area is 136 Å². The molecule has 2 aromatic carbocycles. The van der Waals surface area contributed by atoms with Gasteiger partial charge in [0.25, 0.3) is 0 Å². The van der Waals surface area contributed by atoms with E-state index in [1.165, 1.54) is 27.8 Å². The van der Waals surface area contributed by atoms with E-state index in [1.807, 2.05) is 24.3 Å². The molecule has 2 aromatic rings. The van der Waals surface area contributed by atoms with E-state index in [4.69, 9.17) is 4.74 Å². The number of rotatable bonds is 4. The Bertz CT molecular complexity index is 735. The van der Waals surface area contributed by atoms with Crippen molar-refractivity contribution in [3.05, 3.63) is 71.8 Å². The molecule has 0 aliphatic heterocycles. The van der Waals surface area contributed by atoms with E-state index in [1.54, 1.807) is 0 Å². The van der Waals surface area contributed by atoms with Gasteiger partial charge in [-0.15, -0.1) is 0 Å². The van der Waals surface area contributed by atoms with Gasteiger partial charge in [-0.2, -0.15) is 0 Å². The standard InChI is InChI=1S/C20H19NO2/c1-13-10-14(13)11-21-20(22)23-12-19-17-8-4-2-6-15(17)16-7-3-5-9-18(16)19/h2-9,14,19H,1,10-12H2,(H,21,22). The number of alkyl carbamates (subject to hydrolysis) is 1. The fourth-order valence-electron chi connectivity index (χ4n) is 3.33. The van der Waals surface area contributed by atoms with Crippen LogP contribution < -0.4 is 5.32 Å². The number of fused-ring (bicyclic) bond motifs is 3. The van der Waals surface area contributed by atoms with Gasteiger partial charge in [-0.3, -0.25) is 0 Å². The summed E-state index contributed by atoms with van der Waals surface area (Å²) in [6.07, 6.45) is 0.676. The first-order chi connectivity index (χ1) is 11.2. The van der Waals surface area contributed by atoms with Gasteiger partial charge in [0.1, 0.15) is 6.61 Å². The first-order valence-corrected chi connectivity index (χ1v) is 8.00. The summed E-state index contributed by atoms with van der Waals surface area (Å²) in [5.41, 5.74) is 6.16. The van der Waals surface area contributed by atoms with Gasteiger partial charge >= 0.3 is 6.09 Å². The zero-order valence-corrected chi connectivity index (χ0v) is 12.9. The Morgan fingerprint density at radius 3 is 2.22 bits per heavy atom. The van der Waals surface area contributed by atoms with E-state index < -0.39 is 0 Å². The maximum Gasteiger partial charge on any atom is 0.407 e. The van der Waals surface area contributed by atoms with Crippen molar-refractivity contribution >= 4 is 6.09 Å². The van der Waals surface area contributed by atoms with Gasteiger partial charge in [0, 0.05) is 18.4 Å². The summed E-state index contributed by atoms with van der Waals surface area (Å²) < 4.78 is 5.47. The van der Waals surface area contributed by atoms with E-state index in [0.717, 1.165) is 6.42 Å². The molecule has 3 heteroatoms. The fourth-order valence-corrected chi connectivity index (χ4v) is 3.33. The van der Waals surface area contributed by atoms with Crippen LogP contribution in [0.15, 0.2) is 60.7 Å². The lowest BCUT2D eigenvalue weighted by Gasteiger charge is -2.14. The molecule has 0 spiro atoms. The number of amides is 1. The predicted octanol–water partition coefficient (Wildman–Crippen LogP) is 4.10. The highest BCUT2D eigenvalue weighted by Gasteiger charge is 2.30. The van der Waals surface area contributed by atoms with Crippen LogP contribution >= 0.6 is 0 Å². The van der Waals surface area contributed by atoms with E-state index >= 15 is 0 Å². The van der Waals surface area contributed by atoms with E-state index in [9.17, 15) is 4.79 Å². The van der Waals surface area contributed by atoms with E-state index in [0.29, 0.717) is 19.1 Å². The summed E-state index contributed by atoms with van der Waals surface area (Å²) in [6.45, 7) is 4.89. The molecule has 2 aliphatic carbocycles. The summed E-state index contributed by atoms with van der Waals surface area (Å²) in [4.78, 5) is 11.9. The molecule has 1 fully saturated rings.